The van der Waals surface area contributed by atoms with Gasteiger partial charge in [-0.2, -0.15) is 0 Å². The van der Waals surface area contributed by atoms with Gasteiger partial charge in [0.25, 0.3) is 0 Å². The minimum Gasteiger partial charge on any atom is -0.491 e. The number of ketones is 1. The van der Waals surface area contributed by atoms with Crippen molar-refractivity contribution in [3.63, 3.8) is 0 Å². The summed E-state index contributed by atoms with van der Waals surface area (Å²) in [7, 11) is 1.63. The average Bonchev–Trinajstić information content (AvgIpc) is 2.55. The van der Waals surface area contributed by atoms with Gasteiger partial charge in [-0.25, -0.2) is 0 Å². The largest absolute Gasteiger partial charge is 0.491 e. The van der Waals surface area contributed by atoms with Crippen LogP contribution in [0.5, 0.6) is 5.75 Å². The predicted molar refractivity (Wildman–Crippen MR) is 88.4 cm³/mol. The van der Waals surface area contributed by atoms with Gasteiger partial charge in [-0.1, -0.05) is 30.3 Å². The molecule has 0 N–H and O–H groups in total. The lowest BCUT2D eigenvalue weighted by Crippen LogP contribution is -2.04. The molecule has 0 radical (unpaired) electrons. The number of carbonyl (C=O) groups excluding carboxylic acids is 1. The molecular weight excluding hydrogens is 276 g/mol. The van der Waals surface area contributed by atoms with Crippen LogP contribution in [0.1, 0.15) is 21.5 Å². The van der Waals surface area contributed by atoms with Crippen molar-refractivity contribution in [1.82, 2.24) is 0 Å². The normalized spacial score (nSPS) is 10.8. The number of rotatable bonds is 7. The first-order chi connectivity index (χ1) is 10.7. The van der Waals surface area contributed by atoms with Crippen LogP contribution < -0.4 is 4.74 Å². The van der Waals surface area contributed by atoms with Crippen LogP contribution in [0, 0.1) is 6.92 Å². The van der Waals surface area contributed by atoms with Crippen LogP contribution in [0.4, 0.5) is 0 Å². The zero-order valence-corrected chi connectivity index (χ0v) is 12.9. The van der Waals surface area contributed by atoms with E-state index in [1.807, 2.05) is 37.3 Å². The van der Waals surface area contributed by atoms with Crippen molar-refractivity contribution in [2.45, 2.75) is 6.92 Å². The smallest absolute Gasteiger partial charge is 0.185 e. The van der Waals surface area contributed by atoms with Gasteiger partial charge in [0.1, 0.15) is 12.4 Å². The maximum atomic E-state index is 12.2. The number of methoxy groups -OCH3 is 1. The molecule has 0 aliphatic carbocycles. The third kappa shape index (κ3) is 4.57. The summed E-state index contributed by atoms with van der Waals surface area (Å²) in [4.78, 5) is 12.2. The molecule has 0 amide bonds. The molecule has 0 fully saturated rings. The Bertz CT molecular complexity index is 642. The Balaban J connectivity index is 1.99. The second-order valence-corrected chi connectivity index (χ2v) is 4.92. The van der Waals surface area contributed by atoms with Crippen LogP contribution in [0.25, 0.3) is 6.08 Å². The highest BCUT2D eigenvalue weighted by molar-refractivity contribution is 6.06. The van der Waals surface area contributed by atoms with E-state index in [2.05, 4.69) is 0 Å². The number of carbonyl (C=O) groups is 1. The Labute approximate surface area is 131 Å². The van der Waals surface area contributed by atoms with E-state index in [4.69, 9.17) is 9.47 Å². The molecule has 0 aliphatic rings. The minimum absolute atomic E-state index is 0.0216. The highest BCUT2D eigenvalue weighted by Gasteiger charge is 2.02. The molecule has 2 aromatic carbocycles. The Hall–Kier alpha value is -2.39. The summed E-state index contributed by atoms with van der Waals surface area (Å²) < 4.78 is 10.4. The van der Waals surface area contributed by atoms with E-state index in [9.17, 15) is 4.79 Å². The highest BCUT2D eigenvalue weighted by atomic mass is 16.5. The third-order valence-corrected chi connectivity index (χ3v) is 3.30. The Morgan fingerprint density at radius 1 is 1.05 bits per heavy atom. The van der Waals surface area contributed by atoms with E-state index in [0.717, 1.165) is 16.9 Å². The van der Waals surface area contributed by atoms with E-state index < -0.39 is 0 Å². The quantitative estimate of drug-likeness (QED) is 0.441. The second-order valence-electron chi connectivity index (χ2n) is 4.92. The molecule has 0 heterocycles. The van der Waals surface area contributed by atoms with Gasteiger partial charge in [-0.3, -0.25) is 4.79 Å². The lowest BCUT2D eigenvalue weighted by Gasteiger charge is -2.05. The molecule has 2 aromatic rings. The van der Waals surface area contributed by atoms with Gasteiger partial charge in [0.2, 0.25) is 0 Å². The van der Waals surface area contributed by atoms with Crippen LogP contribution in [-0.2, 0) is 4.74 Å². The molecule has 0 saturated heterocycles. The lowest BCUT2D eigenvalue weighted by molar-refractivity contribution is 0.104. The number of allylic oxidation sites excluding steroid dienone is 1. The van der Waals surface area contributed by atoms with Crippen molar-refractivity contribution in [1.29, 1.82) is 0 Å². The number of aryl methyl sites for hydroxylation is 1. The molecular formula is C19H20O3. The fourth-order valence-corrected chi connectivity index (χ4v) is 1.99. The highest BCUT2D eigenvalue weighted by Crippen LogP contribution is 2.14. The van der Waals surface area contributed by atoms with E-state index in [0.29, 0.717) is 18.8 Å². The SMILES string of the molecule is COCCOc1ccc(C(=O)/C=C/c2ccccc2C)cc1. The number of ether oxygens (including phenoxy) is 2. The van der Waals surface area contributed by atoms with Crippen LogP contribution >= 0.6 is 0 Å². The topological polar surface area (TPSA) is 35.5 Å². The van der Waals surface area contributed by atoms with Crippen LogP contribution in [0.3, 0.4) is 0 Å². The summed E-state index contributed by atoms with van der Waals surface area (Å²) in [5, 5.41) is 0. The van der Waals surface area contributed by atoms with Gasteiger partial charge in [0.05, 0.1) is 6.61 Å². The van der Waals surface area contributed by atoms with E-state index in [1.54, 1.807) is 37.5 Å². The summed E-state index contributed by atoms with van der Waals surface area (Å²) in [6.07, 6.45) is 3.45. The fraction of sp³-hybridized carbons (Fsp3) is 0.211. The number of hydrogen-bond donors (Lipinski definition) is 0. The van der Waals surface area contributed by atoms with E-state index >= 15 is 0 Å². The molecule has 22 heavy (non-hydrogen) atoms. The molecule has 0 saturated carbocycles. The van der Waals surface area contributed by atoms with Gasteiger partial charge < -0.3 is 9.47 Å². The van der Waals surface area contributed by atoms with Crippen molar-refractivity contribution in [3.8, 4) is 5.75 Å². The first kappa shape index (κ1) is 16.0. The second kappa shape index (κ2) is 8.15. The standard InChI is InChI=1S/C19H20O3/c1-15-5-3-4-6-16(15)9-12-19(20)17-7-10-18(11-8-17)22-14-13-21-2/h3-12H,13-14H2,1-2H3/b12-9+. The monoisotopic (exact) mass is 296 g/mol. The molecule has 0 unspecified atom stereocenters. The summed E-state index contributed by atoms with van der Waals surface area (Å²) in [6, 6.07) is 15.1. The Kier molecular flexibility index (Phi) is 5.92. The first-order valence-corrected chi connectivity index (χ1v) is 7.20. The molecule has 2 rings (SSSR count). The summed E-state index contributed by atoms with van der Waals surface area (Å²) in [5.74, 6) is 0.711. The predicted octanol–water partition coefficient (Wildman–Crippen LogP) is 3.92. The van der Waals surface area contributed by atoms with Gasteiger partial charge in [0.15, 0.2) is 5.78 Å². The van der Waals surface area contributed by atoms with Gasteiger partial charge >= 0.3 is 0 Å². The maximum absolute atomic E-state index is 12.2. The molecule has 0 aliphatic heterocycles. The molecule has 3 heteroatoms. The van der Waals surface area contributed by atoms with Crippen molar-refractivity contribution < 1.29 is 14.3 Å². The Morgan fingerprint density at radius 3 is 2.45 bits per heavy atom. The summed E-state index contributed by atoms with van der Waals surface area (Å²) in [5.41, 5.74) is 2.84. The molecule has 0 spiro atoms. The van der Waals surface area contributed by atoms with Crippen LogP contribution in [0.15, 0.2) is 54.6 Å². The summed E-state index contributed by atoms with van der Waals surface area (Å²) >= 11 is 0. The van der Waals surface area contributed by atoms with Crippen LogP contribution in [-0.4, -0.2) is 26.1 Å². The lowest BCUT2D eigenvalue weighted by atomic mass is 10.1. The zero-order chi connectivity index (χ0) is 15.8. The van der Waals surface area contributed by atoms with Gasteiger partial charge in [-0.05, 0) is 48.4 Å². The molecule has 3 nitrogen and oxygen atoms in total. The molecule has 114 valence electrons. The third-order valence-electron chi connectivity index (χ3n) is 3.30. The molecule has 0 aromatic heterocycles. The molecule has 0 atom stereocenters. The maximum Gasteiger partial charge on any atom is 0.185 e. The number of benzene rings is 2. The van der Waals surface area contributed by atoms with Crippen molar-refractivity contribution in [2.75, 3.05) is 20.3 Å². The number of hydrogen-bond acceptors (Lipinski definition) is 3. The average molecular weight is 296 g/mol. The van der Waals surface area contributed by atoms with Gasteiger partial charge in [0, 0.05) is 12.7 Å². The van der Waals surface area contributed by atoms with Crippen molar-refractivity contribution >= 4 is 11.9 Å². The Morgan fingerprint density at radius 2 is 1.77 bits per heavy atom. The van der Waals surface area contributed by atoms with Gasteiger partial charge in [-0.15, -0.1) is 0 Å². The van der Waals surface area contributed by atoms with Crippen molar-refractivity contribution in [3.05, 3.63) is 71.3 Å². The fourth-order valence-electron chi connectivity index (χ4n) is 1.99. The summed E-state index contributed by atoms with van der Waals surface area (Å²) in [6.45, 7) is 3.06. The van der Waals surface area contributed by atoms with E-state index in [-0.39, 0.29) is 5.78 Å². The first-order valence-electron chi connectivity index (χ1n) is 7.20. The zero-order valence-electron chi connectivity index (χ0n) is 12.9. The van der Waals surface area contributed by atoms with Crippen molar-refractivity contribution in [2.24, 2.45) is 0 Å². The minimum atomic E-state index is -0.0216. The molecule has 0 bridgehead atoms. The van der Waals surface area contributed by atoms with Crippen LogP contribution in [0.2, 0.25) is 0 Å². The van der Waals surface area contributed by atoms with E-state index in [1.165, 1.54) is 0 Å².